The van der Waals surface area contributed by atoms with Crippen molar-refractivity contribution in [1.29, 1.82) is 0 Å². The molecule has 1 aromatic heterocycles. The average Bonchev–Trinajstić information content (AvgIpc) is 2.81. The maximum atomic E-state index is 5.49. The van der Waals surface area contributed by atoms with Crippen molar-refractivity contribution in [3.05, 3.63) is 23.0 Å². The van der Waals surface area contributed by atoms with Gasteiger partial charge in [0.1, 0.15) is 5.75 Å². The fraction of sp³-hybridized carbons (Fsp3) is 0.667. The van der Waals surface area contributed by atoms with Gasteiger partial charge in [0, 0.05) is 34.8 Å². The van der Waals surface area contributed by atoms with Crippen LogP contribution in [0.25, 0.3) is 0 Å². The maximum absolute atomic E-state index is 5.49. The zero-order valence-electron chi connectivity index (χ0n) is 12.3. The van der Waals surface area contributed by atoms with Gasteiger partial charge in [-0.2, -0.15) is 11.8 Å². The SMILES string of the molecule is CCNC1CSCC1Cc1ncc(C)c(OC)c1C. The van der Waals surface area contributed by atoms with Crippen molar-refractivity contribution < 1.29 is 4.74 Å². The summed E-state index contributed by atoms with van der Waals surface area (Å²) < 4.78 is 5.49. The molecule has 0 aromatic carbocycles. The van der Waals surface area contributed by atoms with E-state index in [4.69, 9.17) is 4.74 Å². The van der Waals surface area contributed by atoms with Crippen molar-refractivity contribution >= 4 is 11.8 Å². The number of ether oxygens (including phenoxy) is 1. The maximum Gasteiger partial charge on any atom is 0.128 e. The molecule has 0 saturated carbocycles. The van der Waals surface area contributed by atoms with E-state index < -0.39 is 0 Å². The summed E-state index contributed by atoms with van der Waals surface area (Å²) >= 11 is 2.05. The molecule has 3 nitrogen and oxygen atoms in total. The smallest absolute Gasteiger partial charge is 0.128 e. The number of aromatic nitrogens is 1. The largest absolute Gasteiger partial charge is 0.496 e. The molecule has 0 amide bonds. The molecular weight excluding hydrogens is 256 g/mol. The normalized spacial score (nSPS) is 22.7. The predicted octanol–water partition coefficient (Wildman–Crippen LogP) is 2.59. The van der Waals surface area contributed by atoms with Crippen molar-refractivity contribution in [1.82, 2.24) is 10.3 Å². The fourth-order valence-electron chi connectivity index (χ4n) is 2.81. The lowest BCUT2D eigenvalue weighted by Gasteiger charge is -2.20. The topological polar surface area (TPSA) is 34.2 Å². The molecule has 1 aliphatic rings. The number of pyridine rings is 1. The lowest BCUT2D eigenvalue weighted by atomic mass is 9.95. The highest BCUT2D eigenvalue weighted by atomic mass is 32.2. The Morgan fingerprint density at radius 1 is 1.42 bits per heavy atom. The summed E-state index contributed by atoms with van der Waals surface area (Å²) in [7, 11) is 1.74. The van der Waals surface area contributed by atoms with E-state index >= 15 is 0 Å². The quantitative estimate of drug-likeness (QED) is 0.899. The Morgan fingerprint density at radius 2 is 2.21 bits per heavy atom. The predicted molar refractivity (Wildman–Crippen MR) is 82.2 cm³/mol. The Hall–Kier alpha value is -0.740. The second-order valence-electron chi connectivity index (χ2n) is 5.21. The molecule has 1 aliphatic heterocycles. The van der Waals surface area contributed by atoms with E-state index in [9.17, 15) is 0 Å². The zero-order valence-corrected chi connectivity index (χ0v) is 13.1. The molecule has 2 heterocycles. The van der Waals surface area contributed by atoms with Gasteiger partial charge in [0.2, 0.25) is 0 Å². The highest BCUT2D eigenvalue weighted by Gasteiger charge is 2.28. The number of aryl methyl sites for hydroxylation is 1. The van der Waals surface area contributed by atoms with E-state index in [-0.39, 0.29) is 0 Å². The summed E-state index contributed by atoms with van der Waals surface area (Å²) in [6, 6.07) is 0.628. The molecular formula is C15H24N2OS. The standard InChI is InChI=1S/C15H24N2OS/c1-5-16-14-9-19-8-12(14)6-13-11(3)15(18-4)10(2)7-17-13/h7,12,14,16H,5-6,8-9H2,1-4H3. The minimum atomic E-state index is 0.628. The molecule has 4 heteroatoms. The van der Waals surface area contributed by atoms with Crippen LogP contribution in [-0.4, -0.2) is 36.2 Å². The van der Waals surface area contributed by atoms with E-state index in [2.05, 4.69) is 31.1 Å². The lowest BCUT2D eigenvalue weighted by Crippen LogP contribution is -2.36. The number of methoxy groups -OCH3 is 1. The van der Waals surface area contributed by atoms with Gasteiger partial charge in [-0.1, -0.05) is 6.92 Å². The van der Waals surface area contributed by atoms with Crippen LogP contribution in [0.15, 0.2) is 6.20 Å². The van der Waals surface area contributed by atoms with Crippen LogP contribution in [0.3, 0.4) is 0 Å². The second kappa shape index (κ2) is 6.62. The third kappa shape index (κ3) is 3.23. The number of hydrogen-bond donors (Lipinski definition) is 1. The summed E-state index contributed by atoms with van der Waals surface area (Å²) in [4.78, 5) is 4.63. The van der Waals surface area contributed by atoms with Crippen molar-refractivity contribution in [2.75, 3.05) is 25.2 Å². The van der Waals surface area contributed by atoms with E-state index in [1.165, 1.54) is 22.8 Å². The Labute approximate surface area is 120 Å². The molecule has 0 radical (unpaired) electrons. The molecule has 0 spiro atoms. The van der Waals surface area contributed by atoms with Gasteiger partial charge in [0.25, 0.3) is 0 Å². The molecule has 1 aromatic rings. The first kappa shape index (κ1) is 14.7. The molecule has 1 fully saturated rings. The molecule has 106 valence electrons. The lowest BCUT2D eigenvalue weighted by molar-refractivity contribution is 0.402. The van der Waals surface area contributed by atoms with Crippen molar-refractivity contribution in [2.24, 2.45) is 5.92 Å². The number of nitrogens with zero attached hydrogens (tertiary/aromatic N) is 1. The van der Waals surface area contributed by atoms with Gasteiger partial charge in [0.15, 0.2) is 0 Å². The Balaban J connectivity index is 2.15. The van der Waals surface area contributed by atoms with Crippen LogP contribution in [0.2, 0.25) is 0 Å². The first-order chi connectivity index (χ1) is 9.17. The average molecular weight is 280 g/mol. The van der Waals surface area contributed by atoms with Gasteiger partial charge >= 0.3 is 0 Å². The minimum absolute atomic E-state index is 0.628. The molecule has 2 rings (SSSR count). The van der Waals surface area contributed by atoms with Gasteiger partial charge in [-0.25, -0.2) is 0 Å². The van der Waals surface area contributed by atoms with Crippen LogP contribution in [0.5, 0.6) is 5.75 Å². The second-order valence-corrected chi connectivity index (χ2v) is 6.29. The van der Waals surface area contributed by atoms with Crippen LogP contribution in [0.1, 0.15) is 23.7 Å². The molecule has 2 atom stereocenters. The Kier molecular flexibility index (Phi) is 5.11. The number of rotatable bonds is 5. The van der Waals surface area contributed by atoms with E-state index in [0.29, 0.717) is 12.0 Å². The first-order valence-corrected chi connectivity index (χ1v) is 8.13. The minimum Gasteiger partial charge on any atom is -0.496 e. The van der Waals surface area contributed by atoms with E-state index in [1.54, 1.807) is 7.11 Å². The molecule has 2 unspecified atom stereocenters. The third-order valence-corrected chi connectivity index (χ3v) is 5.13. The highest BCUT2D eigenvalue weighted by molar-refractivity contribution is 7.99. The number of thioether (sulfide) groups is 1. The van der Waals surface area contributed by atoms with Gasteiger partial charge in [-0.15, -0.1) is 0 Å². The van der Waals surface area contributed by atoms with Crippen LogP contribution >= 0.6 is 11.8 Å². The zero-order chi connectivity index (χ0) is 13.8. The summed E-state index contributed by atoms with van der Waals surface area (Å²) in [5, 5.41) is 3.59. The summed E-state index contributed by atoms with van der Waals surface area (Å²) in [6.07, 6.45) is 2.98. The van der Waals surface area contributed by atoms with Crippen LogP contribution in [0, 0.1) is 19.8 Å². The van der Waals surface area contributed by atoms with Gasteiger partial charge < -0.3 is 10.1 Å². The fourth-order valence-corrected chi connectivity index (χ4v) is 4.25. The van der Waals surface area contributed by atoms with Crippen molar-refractivity contribution in [3.8, 4) is 5.75 Å². The summed E-state index contributed by atoms with van der Waals surface area (Å²) in [5.74, 6) is 4.13. The monoisotopic (exact) mass is 280 g/mol. The Bertz CT molecular complexity index is 436. The highest BCUT2D eigenvalue weighted by Crippen LogP contribution is 2.30. The van der Waals surface area contributed by atoms with E-state index in [0.717, 1.165) is 24.3 Å². The molecule has 1 N–H and O–H groups in total. The summed E-state index contributed by atoms with van der Waals surface area (Å²) in [6.45, 7) is 7.40. The first-order valence-electron chi connectivity index (χ1n) is 6.97. The summed E-state index contributed by atoms with van der Waals surface area (Å²) in [5.41, 5.74) is 3.51. The van der Waals surface area contributed by atoms with Crippen LogP contribution in [-0.2, 0) is 6.42 Å². The molecule has 0 aliphatic carbocycles. The number of hydrogen-bond acceptors (Lipinski definition) is 4. The van der Waals surface area contributed by atoms with Crippen molar-refractivity contribution in [2.45, 2.75) is 33.2 Å². The van der Waals surface area contributed by atoms with Crippen LogP contribution < -0.4 is 10.1 Å². The number of nitrogens with one attached hydrogen (secondary N) is 1. The van der Waals surface area contributed by atoms with Crippen LogP contribution in [0.4, 0.5) is 0 Å². The Morgan fingerprint density at radius 3 is 2.89 bits per heavy atom. The van der Waals surface area contributed by atoms with Gasteiger partial charge in [-0.05, 0) is 38.5 Å². The van der Waals surface area contributed by atoms with Crippen molar-refractivity contribution in [3.63, 3.8) is 0 Å². The molecule has 0 bridgehead atoms. The van der Waals surface area contributed by atoms with Gasteiger partial charge in [-0.3, -0.25) is 4.98 Å². The third-order valence-electron chi connectivity index (χ3n) is 3.87. The van der Waals surface area contributed by atoms with Gasteiger partial charge in [0.05, 0.1) is 7.11 Å². The van der Waals surface area contributed by atoms with E-state index in [1.807, 2.05) is 18.0 Å². The molecule has 19 heavy (non-hydrogen) atoms. The molecule has 1 saturated heterocycles.